The van der Waals surface area contributed by atoms with Gasteiger partial charge in [0.2, 0.25) is 0 Å². The number of hydrogen-bond donors (Lipinski definition) is 1. The fourth-order valence-corrected chi connectivity index (χ4v) is 3.15. The molecule has 1 N–H and O–H groups in total. The Kier molecular flexibility index (Phi) is 4.84. The monoisotopic (exact) mass is 278 g/mol. The van der Waals surface area contributed by atoms with Gasteiger partial charge in [0.25, 0.3) is 0 Å². The van der Waals surface area contributed by atoms with Gasteiger partial charge in [0.1, 0.15) is 0 Å². The maximum atomic E-state index is 11.9. The van der Waals surface area contributed by atoms with Crippen LogP contribution < -0.4 is 0 Å². The number of carboxylic acids is 1. The predicted molar refractivity (Wildman–Crippen MR) is 78.7 cm³/mol. The van der Waals surface area contributed by atoms with Crippen molar-refractivity contribution >= 4 is 5.97 Å². The van der Waals surface area contributed by atoms with E-state index in [1.807, 2.05) is 16.9 Å². The maximum absolute atomic E-state index is 11.9. The second-order valence-corrected chi connectivity index (χ2v) is 6.41. The highest BCUT2D eigenvalue weighted by Crippen LogP contribution is 2.37. The number of aromatic nitrogens is 2. The van der Waals surface area contributed by atoms with Crippen molar-refractivity contribution in [3.8, 4) is 0 Å². The summed E-state index contributed by atoms with van der Waals surface area (Å²) in [5, 5.41) is 14.3. The topological polar surface area (TPSA) is 55.1 Å². The minimum Gasteiger partial charge on any atom is -0.481 e. The van der Waals surface area contributed by atoms with Crippen LogP contribution in [0.5, 0.6) is 0 Å². The Labute approximate surface area is 121 Å². The Morgan fingerprint density at radius 1 is 1.30 bits per heavy atom. The zero-order valence-corrected chi connectivity index (χ0v) is 12.6. The third-order valence-electron chi connectivity index (χ3n) is 4.48. The summed E-state index contributed by atoms with van der Waals surface area (Å²) < 4.78 is 1.91. The molecule has 20 heavy (non-hydrogen) atoms. The summed E-state index contributed by atoms with van der Waals surface area (Å²) >= 11 is 0. The molecule has 4 nitrogen and oxygen atoms in total. The van der Waals surface area contributed by atoms with Gasteiger partial charge in [-0.3, -0.25) is 9.48 Å². The van der Waals surface area contributed by atoms with Crippen LogP contribution >= 0.6 is 0 Å². The Bertz CT molecular complexity index is 443. The summed E-state index contributed by atoms with van der Waals surface area (Å²) in [7, 11) is 0. The van der Waals surface area contributed by atoms with Crippen molar-refractivity contribution < 1.29 is 9.90 Å². The molecule has 4 heteroatoms. The second-order valence-electron chi connectivity index (χ2n) is 6.41. The lowest BCUT2D eigenvalue weighted by molar-refractivity contribution is -0.150. The number of rotatable bonds is 4. The Balaban J connectivity index is 2.16. The van der Waals surface area contributed by atoms with Gasteiger partial charge in [-0.1, -0.05) is 32.1 Å². The van der Waals surface area contributed by atoms with Gasteiger partial charge in [-0.15, -0.1) is 0 Å². The van der Waals surface area contributed by atoms with Crippen LogP contribution in [0.1, 0.15) is 70.5 Å². The average molecular weight is 278 g/mol. The second kappa shape index (κ2) is 6.42. The molecule has 0 aromatic carbocycles. The van der Waals surface area contributed by atoms with E-state index in [9.17, 15) is 9.90 Å². The van der Waals surface area contributed by atoms with Crippen molar-refractivity contribution in [2.45, 2.75) is 71.3 Å². The average Bonchev–Trinajstić information content (AvgIpc) is 2.81. The molecule has 1 saturated carbocycles. The van der Waals surface area contributed by atoms with Gasteiger partial charge in [0.05, 0.1) is 11.1 Å². The Morgan fingerprint density at radius 2 is 1.90 bits per heavy atom. The summed E-state index contributed by atoms with van der Waals surface area (Å²) in [4.78, 5) is 11.9. The van der Waals surface area contributed by atoms with E-state index in [1.54, 1.807) is 0 Å². The first-order valence-electron chi connectivity index (χ1n) is 7.81. The third-order valence-corrected chi connectivity index (χ3v) is 4.48. The molecule has 2 rings (SSSR count). The molecule has 0 aliphatic heterocycles. The molecule has 1 aromatic rings. The molecule has 1 fully saturated rings. The first-order valence-corrected chi connectivity index (χ1v) is 7.81. The Hall–Kier alpha value is -1.32. The summed E-state index contributed by atoms with van der Waals surface area (Å²) in [5.41, 5.74) is 0.318. The van der Waals surface area contributed by atoms with Crippen molar-refractivity contribution in [3.05, 3.63) is 18.0 Å². The van der Waals surface area contributed by atoms with E-state index in [0.717, 1.165) is 44.2 Å². The van der Waals surface area contributed by atoms with E-state index in [-0.39, 0.29) is 0 Å². The summed E-state index contributed by atoms with van der Waals surface area (Å²) in [6.07, 6.45) is 9.73. The third kappa shape index (κ3) is 3.41. The van der Waals surface area contributed by atoms with Crippen LogP contribution in [0, 0.1) is 5.41 Å². The van der Waals surface area contributed by atoms with Crippen molar-refractivity contribution in [3.63, 3.8) is 0 Å². The quantitative estimate of drug-likeness (QED) is 0.910. The molecule has 0 radical (unpaired) electrons. The molecule has 1 aromatic heterocycles. The van der Waals surface area contributed by atoms with Crippen molar-refractivity contribution in [2.75, 3.05) is 0 Å². The normalized spacial score (nSPS) is 19.6. The molecular weight excluding hydrogens is 252 g/mol. The SMILES string of the molecule is CC(C)n1ccc(CC2(C(=O)O)CCCCCCC2)n1. The summed E-state index contributed by atoms with van der Waals surface area (Å²) in [6, 6.07) is 2.30. The lowest BCUT2D eigenvalue weighted by Crippen LogP contribution is -2.34. The van der Waals surface area contributed by atoms with Crippen LogP contribution in [0.4, 0.5) is 0 Å². The zero-order chi connectivity index (χ0) is 14.6. The highest BCUT2D eigenvalue weighted by atomic mass is 16.4. The predicted octanol–water partition coefficient (Wildman–Crippen LogP) is 3.82. The molecule has 0 amide bonds. The largest absolute Gasteiger partial charge is 0.481 e. The molecule has 1 aliphatic rings. The lowest BCUT2D eigenvalue weighted by atomic mass is 9.73. The minimum atomic E-state index is -0.640. The molecular formula is C16H26N2O2. The highest BCUT2D eigenvalue weighted by molar-refractivity contribution is 5.75. The molecule has 112 valence electrons. The van der Waals surface area contributed by atoms with Gasteiger partial charge < -0.3 is 5.11 Å². The number of carboxylic acid groups (broad SMARTS) is 1. The van der Waals surface area contributed by atoms with E-state index < -0.39 is 11.4 Å². The van der Waals surface area contributed by atoms with Crippen LogP contribution in [0.25, 0.3) is 0 Å². The van der Waals surface area contributed by atoms with E-state index in [2.05, 4.69) is 18.9 Å². The maximum Gasteiger partial charge on any atom is 0.310 e. The molecule has 1 aliphatic carbocycles. The van der Waals surface area contributed by atoms with Crippen LogP contribution in [-0.2, 0) is 11.2 Å². The summed E-state index contributed by atoms with van der Waals surface area (Å²) in [6.45, 7) is 4.17. The van der Waals surface area contributed by atoms with E-state index in [1.165, 1.54) is 6.42 Å². The molecule has 0 saturated heterocycles. The van der Waals surface area contributed by atoms with Gasteiger partial charge in [0, 0.05) is 18.7 Å². The highest BCUT2D eigenvalue weighted by Gasteiger charge is 2.38. The van der Waals surface area contributed by atoms with Crippen molar-refractivity contribution in [1.82, 2.24) is 9.78 Å². The number of aliphatic carboxylic acids is 1. The van der Waals surface area contributed by atoms with Crippen molar-refractivity contribution in [1.29, 1.82) is 0 Å². The van der Waals surface area contributed by atoms with Crippen LogP contribution in [0.2, 0.25) is 0 Å². The first-order chi connectivity index (χ1) is 9.53. The van der Waals surface area contributed by atoms with Crippen molar-refractivity contribution in [2.24, 2.45) is 5.41 Å². The number of nitrogens with zero attached hydrogens (tertiary/aromatic N) is 2. The molecule has 0 atom stereocenters. The number of hydrogen-bond acceptors (Lipinski definition) is 2. The fraction of sp³-hybridized carbons (Fsp3) is 0.750. The van der Waals surface area contributed by atoms with Crippen LogP contribution in [-0.4, -0.2) is 20.9 Å². The molecule has 0 bridgehead atoms. The molecule has 0 spiro atoms. The van der Waals surface area contributed by atoms with E-state index in [0.29, 0.717) is 12.5 Å². The standard InChI is InChI=1S/C16H26N2O2/c1-13(2)18-11-8-14(17-18)12-16(15(19)20)9-6-4-3-5-7-10-16/h8,11,13H,3-7,9-10,12H2,1-2H3,(H,19,20). The van der Waals surface area contributed by atoms with Gasteiger partial charge in [0.15, 0.2) is 0 Å². The van der Waals surface area contributed by atoms with E-state index >= 15 is 0 Å². The van der Waals surface area contributed by atoms with Gasteiger partial charge in [-0.05, 0) is 32.8 Å². The van der Waals surface area contributed by atoms with Crippen LogP contribution in [0.15, 0.2) is 12.3 Å². The smallest absolute Gasteiger partial charge is 0.310 e. The van der Waals surface area contributed by atoms with Gasteiger partial charge in [-0.2, -0.15) is 5.10 Å². The Morgan fingerprint density at radius 3 is 2.40 bits per heavy atom. The van der Waals surface area contributed by atoms with E-state index in [4.69, 9.17) is 0 Å². The van der Waals surface area contributed by atoms with Gasteiger partial charge >= 0.3 is 5.97 Å². The fourth-order valence-electron chi connectivity index (χ4n) is 3.15. The van der Waals surface area contributed by atoms with Crippen LogP contribution in [0.3, 0.4) is 0 Å². The molecule has 0 unspecified atom stereocenters. The summed E-state index contributed by atoms with van der Waals surface area (Å²) in [5.74, 6) is -0.640. The number of carbonyl (C=O) groups is 1. The zero-order valence-electron chi connectivity index (χ0n) is 12.6. The van der Waals surface area contributed by atoms with Gasteiger partial charge in [-0.25, -0.2) is 0 Å². The first kappa shape index (κ1) is 15.1. The minimum absolute atomic E-state index is 0.321. The molecule has 1 heterocycles. The lowest BCUT2D eigenvalue weighted by Gasteiger charge is -2.30.